The van der Waals surface area contributed by atoms with Crippen LogP contribution in [0.3, 0.4) is 0 Å². The molecule has 0 aliphatic carbocycles. The van der Waals surface area contributed by atoms with Crippen LogP contribution in [0.1, 0.15) is 5.76 Å². The van der Waals surface area contributed by atoms with Crippen LogP contribution < -0.4 is 0 Å². The van der Waals surface area contributed by atoms with Gasteiger partial charge in [-0.2, -0.15) is 0 Å². The number of benzene rings is 1. The van der Waals surface area contributed by atoms with Crippen LogP contribution in [0.2, 0.25) is 0 Å². The van der Waals surface area contributed by atoms with Crippen LogP contribution in [-0.2, 0) is 6.42 Å². The highest BCUT2D eigenvalue weighted by Gasteiger charge is 2.03. The molecule has 68 valence electrons. The second-order valence-corrected chi connectivity index (χ2v) is 3.63. The minimum Gasteiger partial charge on any atom is -0.461 e. The van der Waals surface area contributed by atoms with Gasteiger partial charge in [0, 0.05) is 17.1 Å². The van der Waals surface area contributed by atoms with Gasteiger partial charge in [-0.15, -0.1) is 0 Å². The predicted molar refractivity (Wildman–Crippen MR) is 53.7 cm³/mol. The van der Waals surface area contributed by atoms with Crippen molar-refractivity contribution in [3.63, 3.8) is 0 Å². The third-order valence-electron chi connectivity index (χ3n) is 1.87. The van der Waals surface area contributed by atoms with Crippen LogP contribution in [0.25, 0.3) is 11.0 Å². The van der Waals surface area contributed by atoms with E-state index in [-0.39, 0.29) is 5.82 Å². The fourth-order valence-corrected chi connectivity index (χ4v) is 1.68. The highest BCUT2D eigenvalue weighted by Crippen LogP contribution is 2.20. The minimum absolute atomic E-state index is 0.223. The molecule has 0 aliphatic heterocycles. The fraction of sp³-hybridized carbons (Fsp3) is 0.200. The molecule has 0 N–H and O–H groups in total. The lowest BCUT2D eigenvalue weighted by Crippen LogP contribution is -1.78. The Hall–Kier alpha value is -0.830. The number of fused-ring (bicyclic) bond motifs is 1. The van der Waals surface area contributed by atoms with Crippen molar-refractivity contribution in [3.8, 4) is 0 Å². The number of rotatable bonds is 2. The smallest absolute Gasteiger partial charge is 0.134 e. The fourth-order valence-electron chi connectivity index (χ4n) is 1.29. The summed E-state index contributed by atoms with van der Waals surface area (Å²) in [6.07, 6.45) is 0.830. The third-order valence-corrected chi connectivity index (χ3v) is 2.27. The minimum atomic E-state index is -0.223. The van der Waals surface area contributed by atoms with E-state index in [9.17, 15) is 4.39 Å². The summed E-state index contributed by atoms with van der Waals surface area (Å²) in [4.78, 5) is 0. The average Bonchev–Trinajstić information content (AvgIpc) is 2.46. The lowest BCUT2D eigenvalue weighted by molar-refractivity contribution is 0.558. The number of hydrogen-bond donors (Lipinski definition) is 0. The molecule has 1 heterocycles. The maximum atomic E-state index is 12.8. The zero-order valence-corrected chi connectivity index (χ0v) is 8.47. The van der Waals surface area contributed by atoms with Gasteiger partial charge in [-0.05, 0) is 24.3 Å². The second-order valence-electron chi connectivity index (χ2n) is 2.83. The van der Waals surface area contributed by atoms with Gasteiger partial charge < -0.3 is 4.42 Å². The Morgan fingerprint density at radius 2 is 2.15 bits per heavy atom. The first kappa shape index (κ1) is 8.75. The lowest BCUT2D eigenvalue weighted by Gasteiger charge is -1.87. The summed E-state index contributed by atoms with van der Waals surface area (Å²) < 4.78 is 18.2. The molecule has 0 fully saturated rings. The van der Waals surface area contributed by atoms with E-state index in [4.69, 9.17) is 4.42 Å². The van der Waals surface area contributed by atoms with Gasteiger partial charge in [0.25, 0.3) is 0 Å². The van der Waals surface area contributed by atoms with Gasteiger partial charge in [-0.1, -0.05) is 15.9 Å². The van der Waals surface area contributed by atoms with Gasteiger partial charge in [0.15, 0.2) is 0 Å². The van der Waals surface area contributed by atoms with Gasteiger partial charge in [-0.25, -0.2) is 4.39 Å². The van der Waals surface area contributed by atoms with E-state index in [1.807, 2.05) is 6.07 Å². The van der Waals surface area contributed by atoms with E-state index < -0.39 is 0 Å². The molecule has 0 bridgehead atoms. The van der Waals surface area contributed by atoms with Gasteiger partial charge in [0.2, 0.25) is 0 Å². The Morgan fingerprint density at radius 1 is 1.31 bits per heavy atom. The maximum absolute atomic E-state index is 12.8. The van der Waals surface area contributed by atoms with Crippen LogP contribution in [0.15, 0.2) is 28.7 Å². The van der Waals surface area contributed by atoms with Crippen LogP contribution in [0.5, 0.6) is 0 Å². The lowest BCUT2D eigenvalue weighted by atomic mass is 10.2. The first-order chi connectivity index (χ1) is 6.29. The van der Waals surface area contributed by atoms with Crippen LogP contribution in [0.4, 0.5) is 4.39 Å². The summed E-state index contributed by atoms with van der Waals surface area (Å²) in [5.74, 6) is 0.663. The molecule has 0 saturated heterocycles. The summed E-state index contributed by atoms with van der Waals surface area (Å²) in [5.41, 5.74) is 0.748. The highest BCUT2D eigenvalue weighted by molar-refractivity contribution is 9.09. The van der Waals surface area contributed by atoms with Crippen molar-refractivity contribution < 1.29 is 8.81 Å². The Kier molecular flexibility index (Phi) is 2.36. The van der Waals surface area contributed by atoms with Crippen LogP contribution in [-0.4, -0.2) is 5.33 Å². The zero-order chi connectivity index (χ0) is 9.26. The summed E-state index contributed by atoms with van der Waals surface area (Å²) in [5, 5.41) is 1.69. The molecular formula is C10H8BrFO. The molecule has 0 radical (unpaired) electrons. The van der Waals surface area contributed by atoms with Crippen LogP contribution >= 0.6 is 15.9 Å². The largest absolute Gasteiger partial charge is 0.461 e. The molecule has 3 heteroatoms. The Labute approximate surface area is 83.7 Å². The molecule has 1 aromatic heterocycles. The summed E-state index contributed by atoms with van der Waals surface area (Å²) in [6.45, 7) is 0. The van der Waals surface area contributed by atoms with Crippen molar-refractivity contribution in [2.45, 2.75) is 6.42 Å². The Balaban J connectivity index is 2.49. The Bertz CT molecular complexity index is 422. The normalized spacial score (nSPS) is 10.9. The molecular weight excluding hydrogens is 235 g/mol. The molecule has 13 heavy (non-hydrogen) atoms. The third kappa shape index (κ3) is 1.75. The molecule has 1 aromatic carbocycles. The first-order valence-electron chi connectivity index (χ1n) is 4.03. The number of furan rings is 1. The van der Waals surface area contributed by atoms with E-state index in [1.165, 1.54) is 12.1 Å². The molecule has 2 rings (SSSR count). The molecule has 0 aliphatic rings. The zero-order valence-electron chi connectivity index (χ0n) is 6.89. The van der Waals surface area contributed by atoms with Gasteiger partial charge in [0.05, 0.1) is 0 Å². The second kappa shape index (κ2) is 3.50. The van der Waals surface area contributed by atoms with E-state index in [1.54, 1.807) is 6.07 Å². The van der Waals surface area contributed by atoms with Crippen molar-refractivity contribution in [1.29, 1.82) is 0 Å². The van der Waals surface area contributed by atoms with Gasteiger partial charge in [0.1, 0.15) is 17.2 Å². The van der Waals surface area contributed by atoms with Crippen molar-refractivity contribution in [1.82, 2.24) is 0 Å². The van der Waals surface area contributed by atoms with Crippen molar-refractivity contribution in [2.24, 2.45) is 0 Å². The molecule has 2 aromatic rings. The summed E-state index contributed by atoms with van der Waals surface area (Å²) >= 11 is 3.32. The standard InChI is InChI=1S/C10H8BrFO/c11-4-3-9-6-7-5-8(12)1-2-10(7)13-9/h1-2,5-6H,3-4H2. The van der Waals surface area contributed by atoms with E-state index in [0.717, 1.165) is 28.5 Å². The maximum Gasteiger partial charge on any atom is 0.134 e. The Morgan fingerprint density at radius 3 is 2.92 bits per heavy atom. The molecule has 0 unspecified atom stereocenters. The van der Waals surface area contributed by atoms with Gasteiger partial charge >= 0.3 is 0 Å². The van der Waals surface area contributed by atoms with Crippen molar-refractivity contribution in [3.05, 3.63) is 35.8 Å². The quantitative estimate of drug-likeness (QED) is 0.735. The van der Waals surface area contributed by atoms with Crippen molar-refractivity contribution in [2.75, 3.05) is 5.33 Å². The van der Waals surface area contributed by atoms with E-state index >= 15 is 0 Å². The number of aryl methyl sites for hydroxylation is 1. The van der Waals surface area contributed by atoms with E-state index in [0.29, 0.717) is 0 Å². The summed E-state index contributed by atoms with van der Waals surface area (Å²) in [6, 6.07) is 6.42. The van der Waals surface area contributed by atoms with Crippen LogP contribution in [0, 0.1) is 5.82 Å². The monoisotopic (exact) mass is 242 g/mol. The summed E-state index contributed by atoms with van der Waals surface area (Å²) in [7, 11) is 0. The van der Waals surface area contributed by atoms with Gasteiger partial charge in [-0.3, -0.25) is 0 Å². The number of halogens is 2. The first-order valence-corrected chi connectivity index (χ1v) is 5.15. The molecule has 0 amide bonds. The predicted octanol–water partition coefficient (Wildman–Crippen LogP) is 3.51. The molecule has 0 atom stereocenters. The number of alkyl halides is 1. The average molecular weight is 243 g/mol. The van der Waals surface area contributed by atoms with Crippen molar-refractivity contribution >= 4 is 26.9 Å². The molecule has 0 spiro atoms. The highest BCUT2D eigenvalue weighted by atomic mass is 79.9. The topological polar surface area (TPSA) is 13.1 Å². The number of hydrogen-bond acceptors (Lipinski definition) is 1. The SMILES string of the molecule is Fc1ccc2oc(CCBr)cc2c1. The molecule has 0 saturated carbocycles. The van der Waals surface area contributed by atoms with E-state index in [2.05, 4.69) is 15.9 Å². The molecule has 1 nitrogen and oxygen atoms in total.